The van der Waals surface area contributed by atoms with E-state index in [0.29, 0.717) is 31.8 Å². The standard InChI is InChI=1S/C35H57N7O6/c36-28(24-27-12-4-1-5-13-27)33(45)39-25-31(43)38-26-32(44)42(35(47)30-15-11-23-48-30)29(14-10-21-40-17-6-2-7-18-40)34(46)37-16-22-41-19-8-3-9-20-41/h11,15,23,27-29H,1-10,12-14,16-22,24-26,36H2,(H,37,46)(H,38,43)(H,39,45)/t28-,29-/m0/s1. The predicted octanol–water partition coefficient (Wildman–Crippen LogP) is 2.02. The molecular formula is C35H57N7O6. The molecule has 0 radical (unpaired) electrons. The van der Waals surface area contributed by atoms with E-state index < -0.39 is 48.2 Å². The summed E-state index contributed by atoms with van der Waals surface area (Å²) in [4.78, 5) is 72.0. The van der Waals surface area contributed by atoms with E-state index in [2.05, 4.69) is 25.8 Å². The Balaban J connectivity index is 1.37. The quantitative estimate of drug-likeness (QED) is 0.194. The summed E-state index contributed by atoms with van der Waals surface area (Å²) in [5.74, 6) is -2.56. The smallest absolute Gasteiger partial charge is 0.296 e. The van der Waals surface area contributed by atoms with Crippen LogP contribution in [0.5, 0.6) is 0 Å². The van der Waals surface area contributed by atoms with E-state index in [-0.39, 0.29) is 18.7 Å². The lowest BCUT2D eigenvalue weighted by molar-refractivity contribution is -0.138. The number of hydrogen-bond donors (Lipinski definition) is 4. The van der Waals surface area contributed by atoms with Crippen molar-refractivity contribution in [2.45, 2.75) is 102 Å². The maximum Gasteiger partial charge on any atom is 0.296 e. The van der Waals surface area contributed by atoms with Gasteiger partial charge in [0.05, 0.1) is 25.4 Å². The molecule has 2 saturated heterocycles. The molecule has 3 heterocycles. The van der Waals surface area contributed by atoms with Crippen LogP contribution < -0.4 is 21.7 Å². The van der Waals surface area contributed by atoms with Crippen molar-refractivity contribution >= 4 is 29.5 Å². The fourth-order valence-corrected chi connectivity index (χ4v) is 7.16. The molecule has 2 aliphatic heterocycles. The van der Waals surface area contributed by atoms with Gasteiger partial charge >= 0.3 is 0 Å². The van der Waals surface area contributed by atoms with Gasteiger partial charge in [-0.2, -0.15) is 0 Å². The van der Waals surface area contributed by atoms with Crippen LogP contribution in [0.4, 0.5) is 0 Å². The van der Waals surface area contributed by atoms with Crippen LogP contribution >= 0.6 is 0 Å². The highest BCUT2D eigenvalue weighted by molar-refractivity contribution is 6.07. The lowest BCUT2D eigenvalue weighted by atomic mass is 9.85. The Kier molecular flexibility index (Phi) is 15.9. The fraction of sp³-hybridized carbons (Fsp3) is 0.743. The van der Waals surface area contributed by atoms with Crippen molar-refractivity contribution in [3.05, 3.63) is 24.2 Å². The molecule has 13 heteroatoms. The molecule has 13 nitrogen and oxygen atoms in total. The van der Waals surface area contributed by atoms with Crippen molar-refractivity contribution in [2.24, 2.45) is 11.7 Å². The fourth-order valence-electron chi connectivity index (χ4n) is 7.16. The zero-order valence-corrected chi connectivity index (χ0v) is 28.6. The summed E-state index contributed by atoms with van der Waals surface area (Å²) in [7, 11) is 0. The summed E-state index contributed by atoms with van der Waals surface area (Å²) in [5, 5.41) is 8.05. The Bertz CT molecular complexity index is 1160. The van der Waals surface area contributed by atoms with E-state index in [1.807, 2.05) is 0 Å². The second-order valence-electron chi connectivity index (χ2n) is 13.6. The third-order valence-electron chi connectivity index (χ3n) is 9.92. The van der Waals surface area contributed by atoms with Crippen LogP contribution in [0.1, 0.15) is 100 Å². The van der Waals surface area contributed by atoms with Gasteiger partial charge in [0.1, 0.15) is 6.04 Å². The van der Waals surface area contributed by atoms with Gasteiger partial charge in [-0.3, -0.25) is 28.9 Å². The molecule has 1 aromatic rings. The van der Waals surface area contributed by atoms with Gasteiger partial charge in [0.25, 0.3) is 5.91 Å². The maximum absolute atomic E-state index is 13.7. The first-order valence-corrected chi connectivity index (χ1v) is 18.2. The molecule has 1 aromatic heterocycles. The third kappa shape index (κ3) is 12.3. The number of piperidine rings is 2. The van der Waals surface area contributed by atoms with Crippen molar-refractivity contribution < 1.29 is 28.4 Å². The Hall–Kier alpha value is -3.29. The first-order valence-electron chi connectivity index (χ1n) is 18.2. The van der Waals surface area contributed by atoms with Crippen molar-refractivity contribution in [3.63, 3.8) is 0 Å². The molecule has 5 amide bonds. The molecule has 5 N–H and O–H groups in total. The molecule has 0 spiro atoms. The zero-order chi connectivity index (χ0) is 34.1. The number of carbonyl (C=O) groups excluding carboxylic acids is 5. The Morgan fingerprint density at radius 2 is 1.46 bits per heavy atom. The summed E-state index contributed by atoms with van der Waals surface area (Å²) in [5.41, 5.74) is 6.11. The van der Waals surface area contributed by atoms with Gasteiger partial charge in [0, 0.05) is 13.1 Å². The highest BCUT2D eigenvalue weighted by Crippen LogP contribution is 2.27. The summed E-state index contributed by atoms with van der Waals surface area (Å²) < 4.78 is 5.35. The highest BCUT2D eigenvalue weighted by atomic mass is 16.3. The number of nitrogens with one attached hydrogen (secondary N) is 3. The molecule has 268 valence electrons. The molecule has 48 heavy (non-hydrogen) atoms. The van der Waals surface area contributed by atoms with E-state index in [9.17, 15) is 24.0 Å². The number of rotatable bonds is 17. The molecule has 1 saturated carbocycles. The number of hydrogen-bond acceptors (Lipinski definition) is 9. The largest absolute Gasteiger partial charge is 0.459 e. The Morgan fingerprint density at radius 3 is 2.10 bits per heavy atom. The normalized spacial score (nSPS) is 19.2. The molecule has 0 aromatic carbocycles. The molecule has 1 aliphatic carbocycles. The number of carbonyl (C=O) groups is 5. The van der Waals surface area contributed by atoms with Crippen molar-refractivity contribution in [1.29, 1.82) is 0 Å². The van der Waals surface area contributed by atoms with E-state index >= 15 is 0 Å². The minimum atomic E-state index is -1.09. The number of nitrogens with zero attached hydrogens (tertiary/aromatic N) is 3. The van der Waals surface area contributed by atoms with Gasteiger partial charge in [-0.1, -0.05) is 44.9 Å². The molecular weight excluding hydrogens is 614 g/mol. The van der Waals surface area contributed by atoms with Crippen LogP contribution in [0, 0.1) is 5.92 Å². The van der Waals surface area contributed by atoms with E-state index in [0.717, 1.165) is 89.0 Å². The highest BCUT2D eigenvalue weighted by Gasteiger charge is 2.36. The van der Waals surface area contributed by atoms with Crippen LogP contribution in [0.2, 0.25) is 0 Å². The maximum atomic E-state index is 13.7. The summed E-state index contributed by atoms with van der Waals surface area (Å²) in [6.45, 7) is 4.94. The SMILES string of the molecule is N[C@@H](CC1CCCCC1)C(=O)NCC(=O)NCC(=O)N(C(=O)c1ccco1)[C@@H](CCCN1CCCCC1)C(=O)NCCN1CCCCC1. The second kappa shape index (κ2) is 20.3. The molecule has 3 aliphatic rings. The number of nitrogens with two attached hydrogens (primary N) is 1. The third-order valence-corrected chi connectivity index (χ3v) is 9.92. The van der Waals surface area contributed by atoms with Crippen LogP contribution in [0.25, 0.3) is 0 Å². The minimum absolute atomic E-state index is 0.0731. The first kappa shape index (κ1) is 37.5. The number of imide groups is 1. The van der Waals surface area contributed by atoms with Crippen molar-refractivity contribution in [1.82, 2.24) is 30.7 Å². The van der Waals surface area contributed by atoms with Crippen molar-refractivity contribution in [3.8, 4) is 0 Å². The summed E-state index contributed by atoms with van der Waals surface area (Å²) in [6.07, 6.45) is 15.4. The molecule has 0 unspecified atom stereocenters. The topological polar surface area (TPSA) is 170 Å². The number of furan rings is 1. The first-order chi connectivity index (χ1) is 23.3. The zero-order valence-electron chi connectivity index (χ0n) is 28.6. The van der Waals surface area contributed by atoms with Crippen LogP contribution in [0.3, 0.4) is 0 Å². The van der Waals surface area contributed by atoms with E-state index in [1.165, 1.54) is 31.6 Å². The molecule has 3 fully saturated rings. The van der Waals surface area contributed by atoms with Gasteiger partial charge in [-0.25, -0.2) is 0 Å². The van der Waals surface area contributed by atoms with Gasteiger partial charge in [-0.15, -0.1) is 0 Å². The van der Waals surface area contributed by atoms with E-state index in [4.69, 9.17) is 10.2 Å². The predicted molar refractivity (Wildman–Crippen MR) is 182 cm³/mol. The summed E-state index contributed by atoms with van der Waals surface area (Å²) >= 11 is 0. The molecule has 0 bridgehead atoms. The van der Waals surface area contributed by atoms with E-state index in [1.54, 1.807) is 6.07 Å². The van der Waals surface area contributed by atoms with Crippen LogP contribution in [-0.2, 0) is 19.2 Å². The molecule has 4 rings (SSSR count). The van der Waals surface area contributed by atoms with Crippen molar-refractivity contribution in [2.75, 3.05) is 58.9 Å². The lowest BCUT2D eigenvalue weighted by Crippen LogP contribution is -2.56. The number of likely N-dealkylation sites (tertiary alicyclic amines) is 2. The monoisotopic (exact) mass is 671 g/mol. The van der Waals surface area contributed by atoms with Crippen LogP contribution in [0.15, 0.2) is 22.8 Å². The summed E-state index contributed by atoms with van der Waals surface area (Å²) in [6, 6.07) is 1.20. The average Bonchev–Trinajstić information content (AvgIpc) is 3.66. The van der Waals surface area contributed by atoms with Gasteiger partial charge < -0.3 is 35.9 Å². The lowest BCUT2D eigenvalue weighted by Gasteiger charge is -2.31. The van der Waals surface area contributed by atoms with Gasteiger partial charge in [-0.05, 0) is 95.7 Å². The average molecular weight is 672 g/mol. The Morgan fingerprint density at radius 1 is 0.812 bits per heavy atom. The number of amides is 5. The minimum Gasteiger partial charge on any atom is -0.459 e. The van der Waals surface area contributed by atoms with Gasteiger partial charge in [0.15, 0.2) is 5.76 Å². The Labute approximate surface area is 285 Å². The van der Waals surface area contributed by atoms with Crippen LogP contribution in [-0.4, -0.2) is 115 Å². The molecule has 2 atom stereocenters. The second-order valence-corrected chi connectivity index (χ2v) is 13.6. The van der Waals surface area contributed by atoms with Gasteiger partial charge in [0.2, 0.25) is 23.6 Å².